The summed E-state index contributed by atoms with van der Waals surface area (Å²) in [5.41, 5.74) is 1.73. The van der Waals surface area contributed by atoms with Gasteiger partial charge in [-0.3, -0.25) is 4.79 Å². The van der Waals surface area contributed by atoms with Crippen LogP contribution in [0.1, 0.15) is 33.1 Å². The van der Waals surface area contributed by atoms with Crippen LogP contribution in [0.3, 0.4) is 0 Å². The highest BCUT2D eigenvalue weighted by atomic mass is 16.3. The Morgan fingerprint density at radius 2 is 1.85 bits per heavy atom. The molecule has 1 amide bonds. The van der Waals surface area contributed by atoms with E-state index in [0.717, 1.165) is 17.5 Å². The fraction of sp³-hybridized carbons (Fsp3) is 0.562. The van der Waals surface area contributed by atoms with Crippen LogP contribution in [0.25, 0.3) is 0 Å². The zero-order valence-electron chi connectivity index (χ0n) is 12.2. The van der Waals surface area contributed by atoms with Crippen LogP contribution >= 0.6 is 0 Å². The van der Waals surface area contributed by atoms with Crippen molar-refractivity contribution in [3.8, 4) is 0 Å². The molecule has 1 aromatic carbocycles. The Kier molecular flexibility index (Phi) is 5.01. The van der Waals surface area contributed by atoms with Gasteiger partial charge < -0.3 is 15.7 Å². The number of benzene rings is 1. The van der Waals surface area contributed by atoms with E-state index in [-0.39, 0.29) is 5.91 Å². The van der Waals surface area contributed by atoms with Crippen molar-refractivity contribution in [3.05, 3.63) is 24.3 Å². The van der Waals surface area contributed by atoms with Crippen LogP contribution in [0, 0.1) is 11.8 Å². The van der Waals surface area contributed by atoms with Gasteiger partial charge >= 0.3 is 0 Å². The van der Waals surface area contributed by atoms with Crippen molar-refractivity contribution < 1.29 is 9.90 Å². The van der Waals surface area contributed by atoms with Gasteiger partial charge in [0.15, 0.2) is 0 Å². The molecule has 1 aliphatic carbocycles. The summed E-state index contributed by atoms with van der Waals surface area (Å²) in [5, 5.41) is 15.0. The standard InChI is InChI=1S/C16H24N2O2/c1-11-6-12(2)8-15(7-11)17-13-4-3-5-14(9-13)18-16(20)10-19/h3-5,9,11-12,15,17,19H,6-8,10H2,1-2H3,(H,18,20). The van der Waals surface area contributed by atoms with E-state index in [1.54, 1.807) is 0 Å². The fourth-order valence-electron chi connectivity index (χ4n) is 3.19. The van der Waals surface area contributed by atoms with Gasteiger partial charge in [-0.2, -0.15) is 0 Å². The zero-order chi connectivity index (χ0) is 14.5. The Balaban J connectivity index is 1.98. The number of carbonyl (C=O) groups is 1. The minimum Gasteiger partial charge on any atom is -0.387 e. The maximum Gasteiger partial charge on any atom is 0.250 e. The average molecular weight is 276 g/mol. The van der Waals surface area contributed by atoms with E-state index in [0.29, 0.717) is 11.7 Å². The summed E-state index contributed by atoms with van der Waals surface area (Å²) in [4.78, 5) is 11.2. The molecule has 1 fully saturated rings. The highest BCUT2D eigenvalue weighted by Gasteiger charge is 2.23. The van der Waals surface area contributed by atoms with E-state index in [1.807, 2.05) is 24.3 Å². The Hall–Kier alpha value is -1.55. The highest BCUT2D eigenvalue weighted by molar-refractivity contribution is 5.91. The summed E-state index contributed by atoms with van der Waals surface area (Å²) in [6, 6.07) is 8.16. The first-order chi connectivity index (χ1) is 9.56. The quantitative estimate of drug-likeness (QED) is 0.792. The van der Waals surface area contributed by atoms with Gasteiger partial charge in [-0.15, -0.1) is 0 Å². The lowest BCUT2D eigenvalue weighted by Crippen LogP contribution is -2.30. The van der Waals surface area contributed by atoms with Crippen LogP contribution < -0.4 is 10.6 Å². The van der Waals surface area contributed by atoms with Crippen molar-refractivity contribution in [2.75, 3.05) is 17.2 Å². The number of carbonyl (C=O) groups excluding carboxylic acids is 1. The number of aliphatic hydroxyl groups excluding tert-OH is 1. The summed E-state index contributed by atoms with van der Waals surface area (Å²) in [6.45, 7) is 4.12. The number of amides is 1. The summed E-state index contributed by atoms with van der Waals surface area (Å²) in [5.74, 6) is 1.13. The lowest BCUT2D eigenvalue weighted by atomic mass is 9.80. The second-order valence-electron chi connectivity index (χ2n) is 6.05. The molecule has 2 rings (SSSR count). The summed E-state index contributed by atoms with van der Waals surface area (Å²) >= 11 is 0. The summed E-state index contributed by atoms with van der Waals surface area (Å²) < 4.78 is 0. The van der Waals surface area contributed by atoms with Gasteiger partial charge in [0.05, 0.1) is 0 Å². The second kappa shape index (κ2) is 6.75. The van der Waals surface area contributed by atoms with Crippen molar-refractivity contribution in [1.29, 1.82) is 0 Å². The Bertz CT molecular complexity index is 452. The first kappa shape index (κ1) is 14.9. The maximum absolute atomic E-state index is 11.2. The van der Waals surface area contributed by atoms with E-state index in [2.05, 4.69) is 24.5 Å². The van der Waals surface area contributed by atoms with Gasteiger partial charge in [0.1, 0.15) is 6.61 Å². The molecule has 2 unspecified atom stereocenters. The van der Waals surface area contributed by atoms with E-state index in [4.69, 9.17) is 5.11 Å². The molecule has 0 radical (unpaired) electrons. The number of hydrogen-bond acceptors (Lipinski definition) is 3. The minimum atomic E-state index is -0.491. The third-order valence-corrected chi connectivity index (χ3v) is 3.84. The van der Waals surface area contributed by atoms with Gasteiger partial charge in [0.25, 0.3) is 0 Å². The smallest absolute Gasteiger partial charge is 0.250 e. The van der Waals surface area contributed by atoms with Crippen LogP contribution in [-0.4, -0.2) is 23.7 Å². The van der Waals surface area contributed by atoms with Gasteiger partial charge in [-0.25, -0.2) is 0 Å². The molecule has 0 heterocycles. The van der Waals surface area contributed by atoms with Crippen molar-refractivity contribution in [1.82, 2.24) is 0 Å². The SMILES string of the molecule is CC1CC(C)CC(Nc2cccc(NC(=O)CO)c2)C1. The molecule has 0 bridgehead atoms. The van der Waals surface area contributed by atoms with Crippen LogP contribution in [0.15, 0.2) is 24.3 Å². The monoisotopic (exact) mass is 276 g/mol. The van der Waals surface area contributed by atoms with Crippen LogP contribution in [0.4, 0.5) is 11.4 Å². The molecule has 4 heteroatoms. The first-order valence-electron chi connectivity index (χ1n) is 7.34. The molecule has 1 aromatic rings. The average Bonchev–Trinajstić information content (AvgIpc) is 2.37. The van der Waals surface area contributed by atoms with Crippen molar-refractivity contribution in [3.63, 3.8) is 0 Å². The van der Waals surface area contributed by atoms with Crippen LogP contribution in [0.5, 0.6) is 0 Å². The Morgan fingerprint density at radius 1 is 1.20 bits per heavy atom. The van der Waals surface area contributed by atoms with Crippen molar-refractivity contribution >= 4 is 17.3 Å². The molecule has 0 spiro atoms. The normalized spacial score (nSPS) is 26.1. The third kappa shape index (κ3) is 4.23. The molecule has 4 nitrogen and oxygen atoms in total. The van der Waals surface area contributed by atoms with E-state index in [1.165, 1.54) is 19.3 Å². The van der Waals surface area contributed by atoms with Crippen molar-refractivity contribution in [2.24, 2.45) is 11.8 Å². The molecular weight excluding hydrogens is 252 g/mol. The third-order valence-electron chi connectivity index (χ3n) is 3.84. The molecule has 1 saturated carbocycles. The summed E-state index contributed by atoms with van der Waals surface area (Å²) in [7, 11) is 0. The number of nitrogens with one attached hydrogen (secondary N) is 2. The molecule has 0 saturated heterocycles. The molecule has 20 heavy (non-hydrogen) atoms. The number of anilines is 2. The van der Waals surface area contributed by atoms with Crippen LogP contribution in [0.2, 0.25) is 0 Å². The second-order valence-corrected chi connectivity index (χ2v) is 6.05. The predicted molar refractivity (Wildman–Crippen MR) is 81.7 cm³/mol. The van der Waals surface area contributed by atoms with Gasteiger partial charge in [0, 0.05) is 17.4 Å². The Labute approximate surface area is 120 Å². The minimum absolute atomic E-state index is 0.387. The number of aliphatic hydroxyl groups is 1. The number of rotatable bonds is 4. The largest absolute Gasteiger partial charge is 0.387 e. The Morgan fingerprint density at radius 3 is 2.50 bits per heavy atom. The fourth-order valence-corrected chi connectivity index (χ4v) is 3.19. The molecule has 1 aliphatic rings. The zero-order valence-corrected chi connectivity index (χ0v) is 12.2. The highest BCUT2D eigenvalue weighted by Crippen LogP contribution is 2.30. The van der Waals surface area contributed by atoms with E-state index >= 15 is 0 Å². The summed E-state index contributed by atoms with van der Waals surface area (Å²) in [6.07, 6.45) is 3.69. The van der Waals surface area contributed by atoms with E-state index < -0.39 is 6.61 Å². The van der Waals surface area contributed by atoms with Gasteiger partial charge in [0.2, 0.25) is 5.91 Å². The molecule has 3 N–H and O–H groups in total. The maximum atomic E-state index is 11.2. The lowest BCUT2D eigenvalue weighted by molar-refractivity contribution is -0.118. The molecule has 2 atom stereocenters. The van der Waals surface area contributed by atoms with Crippen molar-refractivity contribution in [2.45, 2.75) is 39.2 Å². The van der Waals surface area contributed by atoms with E-state index in [9.17, 15) is 4.79 Å². The van der Waals surface area contributed by atoms with Gasteiger partial charge in [-0.05, 0) is 49.3 Å². The molecule has 110 valence electrons. The first-order valence-corrected chi connectivity index (χ1v) is 7.34. The van der Waals surface area contributed by atoms with Gasteiger partial charge in [-0.1, -0.05) is 19.9 Å². The topological polar surface area (TPSA) is 61.4 Å². The molecule has 0 aromatic heterocycles. The number of hydrogen-bond donors (Lipinski definition) is 3. The molecule has 0 aliphatic heterocycles. The lowest BCUT2D eigenvalue weighted by Gasteiger charge is -2.32. The molecular formula is C16H24N2O2. The van der Waals surface area contributed by atoms with Crippen LogP contribution in [-0.2, 0) is 4.79 Å². The predicted octanol–water partition coefficient (Wildman–Crippen LogP) is 2.85.